The number of fused-ring (bicyclic) bond motifs is 2. The minimum atomic E-state index is -0.400. The maximum absolute atomic E-state index is 10.9. The third-order valence-electron chi connectivity index (χ3n) is 4.31. The number of non-ortho nitro benzene ring substituents is 1. The molecule has 0 atom stereocenters. The lowest BCUT2D eigenvalue weighted by atomic mass is 10.1. The van der Waals surface area contributed by atoms with Crippen molar-refractivity contribution in [3.63, 3.8) is 0 Å². The number of nitrogens with zero attached hydrogens (tertiary/aromatic N) is 3. The molecule has 6 nitrogen and oxygen atoms in total. The number of nitro groups is 1. The van der Waals surface area contributed by atoms with Crippen LogP contribution >= 0.6 is 0 Å². The first-order valence-corrected chi connectivity index (χ1v) is 7.25. The maximum Gasteiger partial charge on any atom is 0.271 e. The fraction of sp³-hybridized carbons (Fsp3) is 0.118. The summed E-state index contributed by atoms with van der Waals surface area (Å²) in [5.41, 5.74) is 4.70. The van der Waals surface area contributed by atoms with Gasteiger partial charge in [0.2, 0.25) is 0 Å². The summed E-state index contributed by atoms with van der Waals surface area (Å²) in [5.74, 6) is 0.731. The lowest BCUT2D eigenvalue weighted by Gasteiger charge is -1.98. The molecule has 0 amide bonds. The monoisotopic (exact) mass is 306 g/mol. The highest BCUT2D eigenvalue weighted by Gasteiger charge is 2.17. The molecule has 0 aliphatic carbocycles. The number of nitro benzene ring substituents is 1. The summed E-state index contributed by atoms with van der Waals surface area (Å²) in [6, 6.07) is 12.8. The second-order valence-electron chi connectivity index (χ2n) is 5.58. The van der Waals surface area contributed by atoms with Crippen molar-refractivity contribution in [3.05, 3.63) is 58.3 Å². The molecule has 23 heavy (non-hydrogen) atoms. The molecule has 114 valence electrons. The van der Waals surface area contributed by atoms with E-state index in [0.29, 0.717) is 5.52 Å². The van der Waals surface area contributed by atoms with Gasteiger partial charge in [-0.1, -0.05) is 18.2 Å². The standard InChI is InChI=1S/C17H14N4O2/c1-10-16(12-5-3-4-6-15(12)20(10)2)17-18-13-8-7-11(21(22)23)9-14(13)19-17/h3-9H,1-2H3,(H,18,19). The van der Waals surface area contributed by atoms with Gasteiger partial charge in [0, 0.05) is 41.3 Å². The van der Waals surface area contributed by atoms with E-state index in [0.717, 1.165) is 33.5 Å². The average Bonchev–Trinajstić information content (AvgIpc) is 3.06. The molecule has 4 aromatic rings. The molecule has 0 fully saturated rings. The fourth-order valence-corrected chi connectivity index (χ4v) is 3.05. The maximum atomic E-state index is 10.9. The van der Waals surface area contributed by atoms with Gasteiger partial charge in [-0.3, -0.25) is 10.1 Å². The van der Waals surface area contributed by atoms with Gasteiger partial charge in [0.05, 0.1) is 16.0 Å². The van der Waals surface area contributed by atoms with Crippen molar-refractivity contribution in [3.8, 4) is 11.4 Å². The Morgan fingerprint density at radius 1 is 1.22 bits per heavy atom. The van der Waals surface area contributed by atoms with E-state index < -0.39 is 4.92 Å². The normalized spacial score (nSPS) is 11.4. The molecule has 2 aromatic carbocycles. The van der Waals surface area contributed by atoms with Crippen LogP contribution in [0.5, 0.6) is 0 Å². The van der Waals surface area contributed by atoms with E-state index in [1.165, 1.54) is 12.1 Å². The second-order valence-corrected chi connectivity index (χ2v) is 5.58. The topological polar surface area (TPSA) is 76.8 Å². The highest BCUT2D eigenvalue weighted by Crippen LogP contribution is 2.33. The Morgan fingerprint density at radius 2 is 2.00 bits per heavy atom. The molecule has 0 bridgehead atoms. The van der Waals surface area contributed by atoms with Crippen LogP contribution in [0.2, 0.25) is 0 Å². The number of rotatable bonds is 2. The van der Waals surface area contributed by atoms with Crippen molar-refractivity contribution in [2.24, 2.45) is 7.05 Å². The van der Waals surface area contributed by atoms with Crippen LogP contribution in [0.3, 0.4) is 0 Å². The molecule has 0 aliphatic rings. The quantitative estimate of drug-likeness (QED) is 0.450. The van der Waals surface area contributed by atoms with Gasteiger partial charge in [-0.25, -0.2) is 4.98 Å². The van der Waals surface area contributed by atoms with Crippen LogP contribution in [0.1, 0.15) is 5.69 Å². The van der Waals surface area contributed by atoms with Gasteiger partial charge in [-0.2, -0.15) is 0 Å². The number of H-pyrrole nitrogens is 1. The zero-order valence-electron chi connectivity index (χ0n) is 12.7. The predicted octanol–water partition coefficient (Wildman–Crippen LogP) is 3.94. The van der Waals surface area contributed by atoms with Crippen molar-refractivity contribution in [2.75, 3.05) is 0 Å². The van der Waals surface area contributed by atoms with Crippen molar-refractivity contribution in [2.45, 2.75) is 6.92 Å². The van der Waals surface area contributed by atoms with Crippen molar-refractivity contribution >= 4 is 27.6 Å². The highest BCUT2D eigenvalue weighted by molar-refractivity contribution is 5.97. The molecular weight excluding hydrogens is 292 g/mol. The van der Waals surface area contributed by atoms with Crippen molar-refractivity contribution in [1.29, 1.82) is 0 Å². The Hall–Kier alpha value is -3.15. The van der Waals surface area contributed by atoms with E-state index in [9.17, 15) is 10.1 Å². The fourth-order valence-electron chi connectivity index (χ4n) is 3.05. The highest BCUT2D eigenvalue weighted by atomic mass is 16.6. The summed E-state index contributed by atoms with van der Waals surface area (Å²) in [6.45, 7) is 2.05. The van der Waals surface area contributed by atoms with Gasteiger partial charge in [0.1, 0.15) is 5.82 Å². The van der Waals surface area contributed by atoms with E-state index in [1.54, 1.807) is 6.07 Å². The molecule has 1 N–H and O–H groups in total. The van der Waals surface area contributed by atoms with Gasteiger partial charge < -0.3 is 9.55 Å². The van der Waals surface area contributed by atoms with Crippen LogP contribution < -0.4 is 0 Å². The van der Waals surface area contributed by atoms with Gasteiger partial charge in [-0.05, 0) is 19.1 Å². The Morgan fingerprint density at radius 3 is 2.78 bits per heavy atom. The van der Waals surface area contributed by atoms with Gasteiger partial charge in [-0.15, -0.1) is 0 Å². The Balaban J connectivity index is 1.99. The number of nitrogens with one attached hydrogen (secondary N) is 1. The second kappa shape index (κ2) is 4.67. The first-order valence-electron chi connectivity index (χ1n) is 7.25. The number of para-hydroxylation sites is 1. The van der Waals surface area contributed by atoms with Crippen molar-refractivity contribution < 1.29 is 4.92 Å². The van der Waals surface area contributed by atoms with Crippen molar-refractivity contribution in [1.82, 2.24) is 14.5 Å². The largest absolute Gasteiger partial charge is 0.347 e. The number of hydrogen-bond acceptors (Lipinski definition) is 3. The molecule has 2 aromatic heterocycles. The number of aromatic nitrogens is 3. The summed E-state index contributed by atoms with van der Waals surface area (Å²) >= 11 is 0. The first kappa shape index (κ1) is 13.5. The minimum Gasteiger partial charge on any atom is -0.347 e. The summed E-state index contributed by atoms with van der Waals surface area (Å²) < 4.78 is 2.13. The molecule has 0 saturated heterocycles. The molecule has 0 spiro atoms. The van der Waals surface area contributed by atoms with Crippen LogP contribution in [0.15, 0.2) is 42.5 Å². The van der Waals surface area contributed by atoms with E-state index in [2.05, 4.69) is 26.7 Å². The Bertz CT molecular complexity index is 1080. The zero-order chi connectivity index (χ0) is 16.1. The number of benzene rings is 2. The van der Waals surface area contributed by atoms with Gasteiger partial charge >= 0.3 is 0 Å². The summed E-state index contributed by atoms with van der Waals surface area (Å²) in [5, 5.41) is 12.0. The first-order chi connectivity index (χ1) is 11.1. The molecule has 2 heterocycles. The zero-order valence-corrected chi connectivity index (χ0v) is 12.7. The molecule has 0 saturated carbocycles. The minimum absolute atomic E-state index is 0.0577. The van der Waals surface area contributed by atoms with Gasteiger partial charge in [0.25, 0.3) is 5.69 Å². The molecule has 0 radical (unpaired) electrons. The smallest absolute Gasteiger partial charge is 0.271 e. The van der Waals surface area contributed by atoms with E-state index >= 15 is 0 Å². The lowest BCUT2D eigenvalue weighted by molar-refractivity contribution is -0.384. The predicted molar refractivity (Wildman–Crippen MR) is 89.4 cm³/mol. The SMILES string of the molecule is Cc1c(-c2nc3ccc([N+](=O)[O-])cc3[nH]2)c2ccccc2n1C. The van der Waals surface area contributed by atoms with Crippen LogP contribution in [0.25, 0.3) is 33.3 Å². The Labute approximate surface area is 131 Å². The van der Waals surface area contributed by atoms with Crippen LogP contribution in [0, 0.1) is 17.0 Å². The van der Waals surface area contributed by atoms with Gasteiger partial charge in [0.15, 0.2) is 0 Å². The third-order valence-corrected chi connectivity index (χ3v) is 4.31. The Kier molecular flexibility index (Phi) is 2.74. The number of aryl methyl sites for hydroxylation is 1. The average molecular weight is 306 g/mol. The molecule has 4 rings (SSSR count). The lowest BCUT2D eigenvalue weighted by Crippen LogP contribution is -1.90. The molecule has 0 aliphatic heterocycles. The van der Waals surface area contributed by atoms with E-state index in [-0.39, 0.29) is 5.69 Å². The summed E-state index contributed by atoms with van der Waals surface area (Å²) in [4.78, 5) is 18.4. The van der Waals surface area contributed by atoms with E-state index in [4.69, 9.17) is 0 Å². The number of imidazole rings is 1. The van der Waals surface area contributed by atoms with E-state index in [1.807, 2.05) is 26.1 Å². The van der Waals surface area contributed by atoms with Crippen LogP contribution in [-0.2, 0) is 7.05 Å². The molecular formula is C17H14N4O2. The summed E-state index contributed by atoms with van der Waals surface area (Å²) in [7, 11) is 2.02. The molecule has 6 heteroatoms. The third kappa shape index (κ3) is 1.92. The summed E-state index contributed by atoms with van der Waals surface area (Å²) in [6.07, 6.45) is 0. The molecule has 0 unspecified atom stereocenters. The number of hydrogen-bond donors (Lipinski definition) is 1. The van der Waals surface area contributed by atoms with Crippen LogP contribution in [0.4, 0.5) is 5.69 Å². The van der Waals surface area contributed by atoms with Crippen LogP contribution in [-0.4, -0.2) is 19.5 Å². The number of aromatic amines is 1.